The minimum atomic E-state index is -0.291. The molecule has 29 heavy (non-hydrogen) atoms. The number of benzene rings is 1. The molecule has 2 N–H and O–H groups in total. The molecule has 0 radical (unpaired) electrons. The Kier molecular flexibility index (Phi) is 5.59. The number of amides is 1. The van der Waals surface area contributed by atoms with Crippen LogP contribution in [0.1, 0.15) is 11.7 Å². The summed E-state index contributed by atoms with van der Waals surface area (Å²) >= 11 is 0. The number of piperazine rings is 1. The lowest BCUT2D eigenvalue weighted by Crippen LogP contribution is -2.48. The lowest BCUT2D eigenvalue weighted by Gasteiger charge is -2.32. The minimum absolute atomic E-state index is 0.291. The predicted octanol–water partition coefficient (Wildman–Crippen LogP) is 1.10. The van der Waals surface area contributed by atoms with Gasteiger partial charge >= 0.3 is 0 Å². The van der Waals surface area contributed by atoms with Gasteiger partial charge in [0, 0.05) is 43.5 Å². The molecular formula is C20H23N7O2. The number of primary amides is 1. The van der Waals surface area contributed by atoms with Gasteiger partial charge < -0.3 is 10.3 Å². The van der Waals surface area contributed by atoms with Gasteiger partial charge in [0.2, 0.25) is 17.6 Å². The number of nitrogens with two attached hydrogens (primary N) is 1. The largest absolute Gasteiger partial charge is 0.369 e. The van der Waals surface area contributed by atoms with Crippen molar-refractivity contribution in [3.63, 3.8) is 0 Å². The molecule has 0 saturated carbocycles. The molecule has 1 saturated heterocycles. The molecule has 1 fully saturated rings. The van der Waals surface area contributed by atoms with Crippen LogP contribution in [0.15, 0.2) is 41.1 Å². The van der Waals surface area contributed by atoms with Crippen LogP contribution in [-0.2, 0) is 11.3 Å². The van der Waals surface area contributed by atoms with Gasteiger partial charge in [-0.3, -0.25) is 14.6 Å². The lowest BCUT2D eigenvalue weighted by molar-refractivity contribution is -0.119. The third-order valence-electron chi connectivity index (χ3n) is 4.89. The first-order valence-corrected chi connectivity index (χ1v) is 9.53. The Labute approximate surface area is 168 Å². The number of hydrogen-bond acceptors (Lipinski definition) is 8. The second kappa shape index (κ2) is 8.46. The van der Waals surface area contributed by atoms with Crippen molar-refractivity contribution in [1.82, 2.24) is 29.9 Å². The quantitative estimate of drug-likeness (QED) is 0.662. The molecule has 0 bridgehead atoms. The molecule has 150 valence electrons. The van der Waals surface area contributed by atoms with E-state index >= 15 is 0 Å². The Hall–Kier alpha value is -3.17. The molecule has 2 aromatic heterocycles. The van der Waals surface area contributed by atoms with Crippen molar-refractivity contribution in [2.24, 2.45) is 5.73 Å². The average molecular weight is 393 g/mol. The summed E-state index contributed by atoms with van der Waals surface area (Å²) in [6.45, 7) is 6.03. The zero-order chi connectivity index (χ0) is 20.2. The normalized spacial score (nSPS) is 15.5. The smallest absolute Gasteiger partial charge is 0.241 e. The second-order valence-electron chi connectivity index (χ2n) is 7.10. The van der Waals surface area contributed by atoms with Crippen LogP contribution in [0.4, 0.5) is 0 Å². The number of aryl methyl sites for hydroxylation is 1. The Balaban J connectivity index is 1.37. The van der Waals surface area contributed by atoms with Crippen LogP contribution in [0.2, 0.25) is 0 Å². The zero-order valence-electron chi connectivity index (χ0n) is 16.3. The third-order valence-corrected chi connectivity index (χ3v) is 4.89. The van der Waals surface area contributed by atoms with E-state index in [2.05, 4.69) is 29.9 Å². The van der Waals surface area contributed by atoms with Gasteiger partial charge in [-0.15, -0.1) is 0 Å². The Morgan fingerprint density at radius 2 is 1.72 bits per heavy atom. The summed E-state index contributed by atoms with van der Waals surface area (Å²) < 4.78 is 5.43. The van der Waals surface area contributed by atoms with Gasteiger partial charge in [-0.2, -0.15) is 4.98 Å². The first kappa shape index (κ1) is 19.2. The minimum Gasteiger partial charge on any atom is -0.369 e. The number of aromatic nitrogens is 4. The molecule has 1 aliphatic rings. The van der Waals surface area contributed by atoms with E-state index in [1.165, 1.54) is 0 Å². The Morgan fingerprint density at radius 3 is 2.41 bits per heavy atom. The standard InChI is InChI=1S/C20H23N7O2/c1-14-22-7-6-17(23-14)15-2-4-16(5-3-15)20-24-19(29-25-20)13-27-10-8-26(9-11-27)12-18(21)28/h2-7H,8-13H2,1H3,(H2,21,28). The molecule has 3 aromatic rings. The van der Waals surface area contributed by atoms with Crippen LogP contribution in [0, 0.1) is 6.92 Å². The fourth-order valence-electron chi connectivity index (χ4n) is 3.36. The maximum atomic E-state index is 11.0. The maximum absolute atomic E-state index is 11.0. The number of nitrogens with zero attached hydrogens (tertiary/aromatic N) is 6. The van der Waals surface area contributed by atoms with E-state index in [0.717, 1.165) is 48.8 Å². The SMILES string of the molecule is Cc1nccc(-c2ccc(-c3noc(CN4CCN(CC(N)=O)CC4)n3)cc2)n1. The van der Waals surface area contributed by atoms with Gasteiger partial charge in [0.25, 0.3) is 0 Å². The van der Waals surface area contributed by atoms with Crippen LogP contribution in [0.3, 0.4) is 0 Å². The van der Waals surface area contributed by atoms with Gasteiger partial charge in [-0.05, 0) is 13.0 Å². The molecule has 9 nitrogen and oxygen atoms in total. The van der Waals surface area contributed by atoms with E-state index in [0.29, 0.717) is 24.8 Å². The van der Waals surface area contributed by atoms with Crippen molar-refractivity contribution < 1.29 is 9.32 Å². The Bertz CT molecular complexity index is 979. The summed E-state index contributed by atoms with van der Waals surface area (Å²) in [4.78, 5) is 28.4. The first-order chi connectivity index (χ1) is 14.1. The Morgan fingerprint density at radius 1 is 1.03 bits per heavy atom. The van der Waals surface area contributed by atoms with E-state index < -0.39 is 0 Å². The highest BCUT2D eigenvalue weighted by Gasteiger charge is 2.20. The van der Waals surface area contributed by atoms with Gasteiger partial charge in [0.05, 0.1) is 18.8 Å². The topological polar surface area (TPSA) is 114 Å². The maximum Gasteiger partial charge on any atom is 0.241 e. The fraction of sp³-hybridized carbons (Fsp3) is 0.350. The van der Waals surface area contributed by atoms with E-state index in [4.69, 9.17) is 10.3 Å². The summed E-state index contributed by atoms with van der Waals surface area (Å²) in [5.74, 6) is 1.60. The van der Waals surface area contributed by atoms with Crippen molar-refractivity contribution in [1.29, 1.82) is 0 Å². The summed E-state index contributed by atoms with van der Waals surface area (Å²) in [5.41, 5.74) is 8.04. The fourth-order valence-corrected chi connectivity index (χ4v) is 3.36. The molecule has 1 aromatic carbocycles. The van der Waals surface area contributed by atoms with E-state index in [1.807, 2.05) is 37.3 Å². The molecule has 0 aliphatic carbocycles. The summed E-state index contributed by atoms with van der Waals surface area (Å²) in [5, 5.41) is 4.11. The predicted molar refractivity (Wildman–Crippen MR) is 106 cm³/mol. The lowest BCUT2D eigenvalue weighted by atomic mass is 10.1. The molecule has 1 aliphatic heterocycles. The van der Waals surface area contributed by atoms with Crippen LogP contribution >= 0.6 is 0 Å². The molecule has 3 heterocycles. The highest BCUT2D eigenvalue weighted by atomic mass is 16.5. The second-order valence-corrected chi connectivity index (χ2v) is 7.10. The van der Waals surface area contributed by atoms with Crippen molar-refractivity contribution in [3.8, 4) is 22.6 Å². The van der Waals surface area contributed by atoms with E-state index in [-0.39, 0.29) is 5.91 Å². The highest BCUT2D eigenvalue weighted by molar-refractivity contribution is 5.75. The number of carbonyl (C=O) groups is 1. The van der Waals surface area contributed by atoms with Gasteiger partial charge in [0.15, 0.2) is 0 Å². The summed E-state index contributed by atoms with van der Waals surface area (Å²) in [6, 6.07) is 9.79. The van der Waals surface area contributed by atoms with Crippen molar-refractivity contribution in [2.45, 2.75) is 13.5 Å². The number of hydrogen-bond donors (Lipinski definition) is 1. The van der Waals surface area contributed by atoms with E-state index in [9.17, 15) is 4.79 Å². The summed E-state index contributed by atoms with van der Waals surface area (Å²) in [7, 11) is 0. The number of rotatable bonds is 6. The third kappa shape index (κ3) is 4.82. The van der Waals surface area contributed by atoms with Crippen LogP contribution in [0.5, 0.6) is 0 Å². The molecular weight excluding hydrogens is 370 g/mol. The van der Waals surface area contributed by atoms with Crippen molar-refractivity contribution in [3.05, 3.63) is 48.2 Å². The summed E-state index contributed by atoms with van der Waals surface area (Å²) in [6.07, 6.45) is 1.75. The van der Waals surface area contributed by atoms with Crippen molar-refractivity contribution in [2.75, 3.05) is 32.7 Å². The van der Waals surface area contributed by atoms with Crippen LogP contribution in [0.25, 0.3) is 22.6 Å². The van der Waals surface area contributed by atoms with E-state index in [1.54, 1.807) is 6.20 Å². The molecule has 0 spiro atoms. The van der Waals surface area contributed by atoms with Gasteiger partial charge in [-0.1, -0.05) is 29.4 Å². The molecule has 0 unspecified atom stereocenters. The van der Waals surface area contributed by atoms with Crippen molar-refractivity contribution >= 4 is 5.91 Å². The first-order valence-electron chi connectivity index (χ1n) is 9.53. The van der Waals surface area contributed by atoms with Gasteiger partial charge in [-0.25, -0.2) is 9.97 Å². The zero-order valence-corrected chi connectivity index (χ0v) is 16.3. The van der Waals surface area contributed by atoms with Crippen LogP contribution in [-0.4, -0.2) is 68.5 Å². The average Bonchev–Trinajstić information content (AvgIpc) is 3.18. The van der Waals surface area contributed by atoms with Crippen LogP contribution < -0.4 is 5.73 Å². The molecule has 9 heteroatoms. The molecule has 0 atom stereocenters. The number of carbonyl (C=O) groups excluding carboxylic acids is 1. The molecule has 4 rings (SSSR count). The molecule has 1 amide bonds. The monoisotopic (exact) mass is 393 g/mol. The van der Waals surface area contributed by atoms with Gasteiger partial charge in [0.1, 0.15) is 5.82 Å². The highest BCUT2D eigenvalue weighted by Crippen LogP contribution is 2.22.